The van der Waals surface area contributed by atoms with E-state index in [2.05, 4.69) is 48.6 Å². The molecule has 1 aliphatic rings. The van der Waals surface area contributed by atoms with Gasteiger partial charge in [0.05, 0.1) is 11.6 Å². The fraction of sp³-hybridized carbons (Fsp3) is 0.696. The van der Waals surface area contributed by atoms with Gasteiger partial charge in [-0.15, -0.1) is 0 Å². The first-order chi connectivity index (χ1) is 12.7. The molecule has 0 radical (unpaired) electrons. The van der Waals surface area contributed by atoms with Crippen molar-refractivity contribution in [3.05, 3.63) is 30.1 Å². The maximum absolute atomic E-state index is 10.7. The lowest BCUT2D eigenvalue weighted by atomic mass is 9.93. The van der Waals surface area contributed by atoms with E-state index in [9.17, 15) is 5.11 Å². The van der Waals surface area contributed by atoms with Gasteiger partial charge in [0.15, 0.2) is 0 Å². The Hall–Kier alpha value is -1.41. The van der Waals surface area contributed by atoms with Crippen molar-refractivity contribution in [1.82, 2.24) is 9.88 Å². The molecule has 4 heteroatoms. The number of ether oxygens (including phenoxy) is 1. The van der Waals surface area contributed by atoms with E-state index >= 15 is 0 Å². The zero-order chi connectivity index (χ0) is 19.9. The van der Waals surface area contributed by atoms with Crippen molar-refractivity contribution in [2.75, 3.05) is 13.7 Å². The minimum atomic E-state index is -0.961. The first-order valence-electron chi connectivity index (χ1n) is 10.2. The summed E-state index contributed by atoms with van der Waals surface area (Å²) in [6.07, 6.45) is 9.82. The smallest absolute Gasteiger partial charge is 0.122 e. The average Bonchev–Trinajstić information content (AvgIpc) is 2.66. The summed E-state index contributed by atoms with van der Waals surface area (Å²) < 4.78 is 5.45. The number of hydrogen-bond acceptors (Lipinski definition) is 4. The van der Waals surface area contributed by atoms with Crippen molar-refractivity contribution >= 4 is 0 Å². The Balaban J connectivity index is 1.99. The number of aliphatic hydroxyl groups is 1. The molecule has 1 aliphatic heterocycles. The largest absolute Gasteiger partial charge is 0.379 e. The van der Waals surface area contributed by atoms with Gasteiger partial charge in [0.25, 0.3) is 0 Å². The lowest BCUT2D eigenvalue weighted by Gasteiger charge is -2.38. The van der Waals surface area contributed by atoms with Crippen LogP contribution in [-0.4, -0.2) is 45.9 Å². The predicted octanol–water partition coefficient (Wildman–Crippen LogP) is 4.35. The topological polar surface area (TPSA) is 45.6 Å². The van der Waals surface area contributed by atoms with Crippen molar-refractivity contribution < 1.29 is 9.84 Å². The molecule has 0 aliphatic carbocycles. The molecule has 3 atom stereocenters. The monoisotopic (exact) mass is 372 g/mol. The molecule has 0 aromatic carbocycles. The lowest BCUT2D eigenvalue weighted by molar-refractivity contribution is 0.00830. The maximum Gasteiger partial charge on any atom is 0.122 e. The Bertz CT molecular complexity index is 631. The minimum absolute atomic E-state index is 0.109. The zero-order valence-electron chi connectivity index (χ0n) is 17.7. The van der Waals surface area contributed by atoms with Crippen LogP contribution < -0.4 is 0 Å². The van der Waals surface area contributed by atoms with Crippen LogP contribution in [0.25, 0.3) is 0 Å². The van der Waals surface area contributed by atoms with E-state index in [-0.39, 0.29) is 11.6 Å². The van der Waals surface area contributed by atoms with E-state index in [0.29, 0.717) is 12.5 Å². The number of methoxy groups -OCH3 is 1. The molecule has 1 N–H and O–H groups in total. The summed E-state index contributed by atoms with van der Waals surface area (Å²) in [6.45, 7) is 9.15. The van der Waals surface area contributed by atoms with E-state index in [4.69, 9.17) is 4.74 Å². The maximum atomic E-state index is 10.7. The molecule has 1 aromatic rings. The van der Waals surface area contributed by atoms with Crippen LogP contribution in [0.15, 0.2) is 24.5 Å². The molecule has 0 saturated carbocycles. The molecule has 0 amide bonds. The van der Waals surface area contributed by atoms with Crippen LogP contribution in [0.4, 0.5) is 0 Å². The van der Waals surface area contributed by atoms with Crippen LogP contribution in [-0.2, 0) is 4.74 Å². The number of nitrogens with zero attached hydrogens (tertiary/aromatic N) is 2. The zero-order valence-corrected chi connectivity index (χ0v) is 17.7. The lowest BCUT2D eigenvalue weighted by Crippen LogP contribution is -2.39. The van der Waals surface area contributed by atoms with Crippen molar-refractivity contribution in [2.45, 2.75) is 89.5 Å². The predicted molar refractivity (Wildman–Crippen MR) is 110 cm³/mol. The number of rotatable bonds is 7. The van der Waals surface area contributed by atoms with E-state index in [1.54, 1.807) is 7.11 Å². The first-order valence-corrected chi connectivity index (χ1v) is 10.2. The third kappa shape index (κ3) is 6.92. The molecule has 1 fully saturated rings. The molecular weight excluding hydrogens is 336 g/mol. The highest BCUT2D eigenvalue weighted by molar-refractivity contribution is 5.20. The number of piperidine rings is 1. The SMILES string of the molecule is COC(C)(C)CCC[C@@](C)(O)C#C[C@H](C)N1CCCC[C@@H]1c1cccnc1. The second-order valence-corrected chi connectivity index (χ2v) is 8.57. The Morgan fingerprint density at radius 1 is 1.33 bits per heavy atom. The van der Waals surface area contributed by atoms with Gasteiger partial charge < -0.3 is 9.84 Å². The quantitative estimate of drug-likeness (QED) is 0.723. The van der Waals surface area contributed by atoms with Gasteiger partial charge in [-0.05, 0) is 78.0 Å². The van der Waals surface area contributed by atoms with Crippen LogP contribution in [0.1, 0.15) is 77.8 Å². The molecule has 1 saturated heterocycles. The molecule has 1 aromatic heterocycles. The van der Waals surface area contributed by atoms with Crippen molar-refractivity contribution in [1.29, 1.82) is 0 Å². The van der Waals surface area contributed by atoms with E-state index in [1.807, 2.05) is 25.4 Å². The van der Waals surface area contributed by atoms with E-state index in [1.165, 1.54) is 18.4 Å². The highest BCUT2D eigenvalue weighted by Gasteiger charge is 2.27. The first kappa shape index (κ1) is 21.9. The standard InChI is InChI=1S/C23H36N2O2/c1-19(12-15-23(4,26)14-9-13-22(2,3)27-5)25-17-7-6-11-21(25)20-10-8-16-24-18-20/h8,10,16,18-19,21,26H,6-7,9,11,13-14,17H2,1-5H3/t19-,21+,23+/m0/s1. The van der Waals surface area contributed by atoms with Crippen molar-refractivity contribution in [2.24, 2.45) is 0 Å². The molecule has 2 heterocycles. The third-order valence-corrected chi connectivity index (χ3v) is 5.66. The molecule has 27 heavy (non-hydrogen) atoms. The average molecular weight is 373 g/mol. The summed E-state index contributed by atoms with van der Waals surface area (Å²) in [4.78, 5) is 6.74. The van der Waals surface area contributed by atoms with Crippen LogP contribution in [0.2, 0.25) is 0 Å². The van der Waals surface area contributed by atoms with Gasteiger partial charge in [-0.1, -0.05) is 24.3 Å². The molecule has 150 valence electrons. The van der Waals surface area contributed by atoms with Gasteiger partial charge in [-0.3, -0.25) is 9.88 Å². The summed E-state index contributed by atoms with van der Waals surface area (Å²) in [7, 11) is 1.73. The Morgan fingerprint density at radius 3 is 2.78 bits per heavy atom. The number of hydrogen-bond donors (Lipinski definition) is 1. The van der Waals surface area contributed by atoms with Gasteiger partial charge >= 0.3 is 0 Å². The highest BCUT2D eigenvalue weighted by Crippen LogP contribution is 2.32. The molecule has 0 spiro atoms. The summed E-state index contributed by atoms with van der Waals surface area (Å²) in [5, 5.41) is 10.7. The number of likely N-dealkylation sites (tertiary alicyclic amines) is 1. The van der Waals surface area contributed by atoms with Crippen molar-refractivity contribution in [3.63, 3.8) is 0 Å². The third-order valence-electron chi connectivity index (χ3n) is 5.66. The Morgan fingerprint density at radius 2 is 2.11 bits per heavy atom. The van der Waals surface area contributed by atoms with E-state index in [0.717, 1.165) is 25.8 Å². The van der Waals surface area contributed by atoms with E-state index < -0.39 is 5.60 Å². The minimum Gasteiger partial charge on any atom is -0.379 e. The number of pyridine rings is 1. The summed E-state index contributed by atoms with van der Waals surface area (Å²) in [6, 6.07) is 4.64. The van der Waals surface area contributed by atoms with Crippen LogP contribution in [0, 0.1) is 11.8 Å². The molecular formula is C23H36N2O2. The van der Waals surface area contributed by atoms with Crippen LogP contribution >= 0.6 is 0 Å². The van der Waals surface area contributed by atoms with Crippen molar-refractivity contribution in [3.8, 4) is 11.8 Å². The molecule has 0 unspecified atom stereocenters. The molecule has 0 bridgehead atoms. The Labute approximate surface area is 165 Å². The second-order valence-electron chi connectivity index (χ2n) is 8.57. The van der Waals surface area contributed by atoms with Gasteiger partial charge in [-0.2, -0.15) is 0 Å². The summed E-state index contributed by atoms with van der Waals surface area (Å²) in [5.41, 5.74) is 0.151. The fourth-order valence-electron chi connectivity index (χ4n) is 3.71. The van der Waals surface area contributed by atoms with Gasteiger partial charge in [0.1, 0.15) is 5.60 Å². The van der Waals surface area contributed by atoms with Crippen LogP contribution in [0.5, 0.6) is 0 Å². The summed E-state index contributed by atoms with van der Waals surface area (Å²) >= 11 is 0. The number of aromatic nitrogens is 1. The van der Waals surface area contributed by atoms with Crippen LogP contribution in [0.3, 0.4) is 0 Å². The highest BCUT2D eigenvalue weighted by atomic mass is 16.5. The molecule has 2 rings (SSSR count). The summed E-state index contributed by atoms with van der Waals surface area (Å²) in [5.74, 6) is 6.47. The fourth-order valence-corrected chi connectivity index (χ4v) is 3.71. The van der Waals surface area contributed by atoms with Gasteiger partial charge in [0, 0.05) is 25.5 Å². The van der Waals surface area contributed by atoms with Gasteiger partial charge in [-0.25, -0.2) is 0 Å². The molecule has 4 nitrogen and oxygen atoms in total. The normalized spacial score (nSPS) is 21.8. The Kier molecular flexibility index (Phi) is 7.85. The second kappa shape index (κ2) is 9.68. The van der Waals surface area contributed by atoms with Gasteiger partial charge in [0.2, 0.25) is 0 Å².